The zero-order chi connectivity index (χ0) is 8.81. The van der Waals surface area contributed by atoms with Crippen molar-refractivity contribution in [1.82, 2.24) is 4.90 Å². The summed E-state index contributed by atoms with van der Waals surface area (Å²) in [7, 11) is 0. The summed E-state index contributed by atoms with van der Waals surface area (Å²) < 4.78 is 0. The molecule has 0 aromatic rings. The molecule has 1 fully saturated rings. The van der Waals surface area contributed by atoms with Crippen molar-refractivity contribution in [3.63, 3.8) is 0 Å². The summed E-state index contributed by atoms with van der Waals surface area (Å²) in [6.07, 6.45) is 4.01. The van der Waals surface area contributed by atoms with Gasteiger partial charge in [0.1, 0.15) is 0 Å². The van der Waals surface area contributed by atoms with Gasteiger partial charge >= 0.3 is 0 Å². The second-order valence-electron chi connectivity index (χ2n) is 3.41. The average molecular weight is 188 g/mol. The zero-order valence-electron chi connectivity index (χ0n) is 7.96. The highest BCUT2D eigenvalue weighted by molar-refractivity contribution is 7.99. The van der Waals surface area contributed by atoms with Crippen LogP contribution in [0.25, 0.3) is 0 Å². The van der Waals surface area contributed by atoms with E-state index in [0.717, 1.165) is 6.54 Å². The number of hydrogen-bond acceptors (Lipinski definition) is 3. The molecule has 1 unspecified atom stereocenters. The minimum absolute atomic E-state index is 0.659. The first-order valence-electron chi connectivity index (χ1n) is 4.90. The maximum absolute atomic E-state index is 5.67. The SMILES string of the molecule is CCCCCN1CSCC1CN. The van der Waals surface area contributed by atoms with Crippen LogP contribution < -0.4 is 5.73 Å². The topological polar surface area (TPSA) is 29.3 Å². The lowest BCUT2D eigenvalue weighted by Crippen LogP contribution is -2.37. The van der Waals surface area contributed by atoms with Crippen molar-refractivity contribution in [2.45, 2.75) is 32.2 Å². The average Bonchev–Trinajstić information content (AvgIpc) is 2.52. The monoisotopic (exact) mass is 188 g/mol. The summed E-state index contributed by atoms with van der Waals surface area (Å²) >= 11 is 2.02. The fourth-order valence-electron chi connectivity index (χ4n) is 1.55. The quantitative estimate of drug-likeness (QED) is 0.663. The minimum Gasteiger partial charge on any atom is -0.329 e. The third-order valence-corrected chi connectivity index (χ3v) is 3.54. The van der Waals surface area contributed by atoms with Crippen LogP contribution in [0.5, 0.6) is 0 Å². The second-order valence-corrected chi connectivity index (χ2v) is 4.41. The molecule has 0 aromatic heterocycles. The standard InChI is InChI=1S/C9H20N2S/c1-2-3-4-5-11-8-12-7-9(11)6-10/h9H,2-8,10H2,1H3. The predicted octanol–water partition coefficient (Wildman–Crippen LogP) is 1.51. The molecule has 72 valence electrons. The van der Waals surface area contributed by atoms with Crippen molar-refractivity contribution in [3.8, 4) is 0 Å². The zero-order valence-corrected chi connectivity index (χ0v) is 8.78. The molecule has 0 radical (unpaired) electrons. The molecule has 2 N–H and O–H groups in total. The third-order valence-electron chi connectivity index (χ3n) is 2.40. The fourth-order valence-corrected chi connectivity index (χ4v) is 2.84. The summed E-state index contributed by atoms with van der Waals surface area (Å²) in [6.45, 7) is 4.33. The van der Waals surface area contributed by atoms with Gasteiger partial charge in [-0.25, -0.2) is 0 Å². The van der Waals surface area contributed by atoms with Gasteiger partial charge in [-0.05, 0) is 13.0 Å². The second kappa shape index (κ2) is 5.84. The summed E-state index contributed by atoms with van der Waals surface area (Å²) in [4.78, 5) is 2.53. The first-order valence-corrected chi connectivity index (χ1v) is 6.05. The van der Waals surface area contributed by atoms with Crippen molar-refractivity contribution < 1.29 is 0 Å². The van der Waals surface area contributed by atoms with E-state index < -0.39 is 0 Å². The summed E-state index contributed by atoms with van der Waals surface area (Å²) in [6, 6.07) is 0.659. The number of thioether (sulfide) groups is 1. The van der Waals surface area contributed by atoms with Gasteiger partial charge in [0.15, 0.2) is 0 Å². The molecule has 0 aromatic carbocycles. The van der Waals surface area contributed by atoms with Crippen LogP contribution in [-0.4, -0.2) is 35.7 Å². The molecule has 1 heterocycles. The highest BCUT2D eigenvalue weighted by Gasteiger charge is 2.22. The van der Waals surface area contributed by atoms with Gasteiger partial charge in [0.05, 0.1) is 0 Å². The van der Waals surface area contributed by atoms with Crippen molar-refractivity contribution >= 4 is 11.8 Å². The molecule has 1 aliphatic heterocycles. The molecule has 1 atom stereocenters. The molecule has 0 aliphatic carbocycles. The Morgan fingerprint density at radius 1 is 1.50 bits per heavy atom. The van der Waals surface area contributed by atoms with Crippen LogP contribution in [-0.2, 0) is 0 Å². The summed E-state index contributed by atoms with van der Waals surface area (Å²) in [5, 5.41) is 0. The molecule has 1 rings (SSSR count). The van der Waals surface area contributed by atoms with Crippen LogP contribution in [0.3, 0.4) is 0 Å². The van der Waals surface area contributed by atoms with E-state index in [9.17, 15) is 0 Å². The Labute approximate surface area is 79.9 Å². The van der Waals surface area contributed by atoms with Crippen LogP contribution in [0, 0.1) is 0 Å². The Morgan fingerprint density at radius 3 is 3.00 bits per heavy atom. The third kappa shape index (κ3) is 2.96. The van der Waals surface area contributed by atoms with Gasteiger partial charge < -0.3 is 5.73 Å². The lowest BCUT2D eigenvalue weighted by molar-refractivity contribution is 0.264. The van der Waals surface area contributed by atoms with E-state index in [1.54, 1.807) is 0 Å². The molecule has 3 heteroatoms. The largest absolute Gasteiger partial charge is 0.329 e. The number of rotatable bonds is 5. The van der Waals surface area contributed by atoms with Gasteiger partial charge in [-0.3, -0.25) is 4.90 Å². The molecule has 0 amide bonds. The number of hydrogen-bond donors (Lipinski definition) is 1. The Bertz CT molecular complexity index is 119. The van der Waals surface area contributed by atoms with E-state index >= 15 is 0 Å². The molecule has 12 heavy (non-hydrogen) atoms. The molecule has 0 spiro atoms. The van der Waals surface area contributed by atoms with Gasteiger partial charge in [0, 0.05) is 24.2 Å². The van der Waals surface area contributed by atoms with Crippen molar-refractivity contribution in [2.24, 2.45) is 5.73 Å². The van der Waals surface area contributed by atoms with Crippen LogP contribution >= 0.6 is 11.8 Å². The van der Waals surface area contributed by atoms with Crippen molar-refractivity contribution in [3.05, 3.63) is 0 Å². The van der Waals surface area contributed by atoms with E-state index in [-0.39, 0.29) is 0 Å². The predicted molar refractivity (Wildman–Crippen MR) is 56.4 cm³/mol. The van der Waals surface area contributed by atoms with Crippen molar-refractivity contribution in [2.75, 3.05) is 24.7 Å². The molecular formula is C9H20N2S. The Kier molecular flexibility index (Phi) is 5.04. The van der Waals surface area contributed by atoms with E-state index in [1.165, 1.54) is 37.4 Å². The highest BCUT2D eigenvalue weighted by Crippen LogP contribution is 2.20. The van der Waals surface area contributed by atoms with Gasteiger partial charge in [-0.1, -0.05) is 19.8 Å². The summed E-state index contributed by atoms with van der Waals surface area (Å²) in [5.41, 5.74) is 5.67. The van der Waals surface area contributed by atoms with Gasteiger partial charge in [0.25, 0.3) is 0 Å². The van der Waals surface area contributed by atoms with E-state index in [0.29, 0.717) is 6.04 Å². The Balaban J connectivity index is 2.12. The molecular weight excluding hydrogens is 168 g/mol. The maximum atomic E-state index is 5.67. The molecule has 0 saturated carbocycles. The van der Waals surface area contributed by atoms with Crippen LogP contribution in [0.1, 0.15) is 26.2 Å². The normalized spacial score (nSPS) is 25.0. The highest BCUT2D eigenvalue weighted by atomic mass is 32.2. The van der Waals surface area contributed by atoms with Crippen molar-refractivity contribution in [1.29, 1.82) is 0 Å². The van der Waals surface area contributed by atoms with Gasteiger partial charge in [-0.2, -0.15) is 0 Å². The summed E-state index contributed by atoms with van der Waals surface area (Å²) in [5.74, 6) is 2.44. The molecule has 1 aliphatic rings. The molecule has 0 bridgehead atoms. The van der Waals surface area contributed by atoms with Gasteiger partial charge in [0.2, 0.25) is 0 Å². The Morgan fingerprint density at radius 2 is 2.33 bits per heavy atom. The molecule has 1 saturated heterocycles. The van der Waals surface area contributed by atoms with E-state index in [4.69, 9.17) is 5.73 Å². The van der Waals surface area contributed by atoms with Gasteiger partial charge in [-0.15, -0.1) is 11.8 Å². The van der Waals surface area contributed by atoms with E-state index in [2.05, 4.69) is 11.8 Å². The van der Waals surface area contributed by atoms with Crippen LogP contribution in [0.4, 0.5) is 0 Å². The van der Waals surface area contributed by atoms with Crippen LogP contribution in [0.2, 0.25) is 0 Å². The molecule has 2 nitrogen and oxygen atoms in total. The first-order chi connectivity index (χ1) is 5.88. The lowest BCUT2D eigenvalue weighted by Gasteiger charge is -2.21. The van der Waals surface area contributed by atoms with Crippen LogP contribution in [0.15, 0.2) is 0 Å². The number of unbranched alkanes of at least 4 members (excludes halogenated alkanes) is 2. The minimum atomic E-state index is 0.659. The maximum Gasteiger partial charge on any atom is 0.0448 e. The number of nitrogens with zero attached hydrogens (tertiary/aromatic N) is 1. The lowest BCUT2D eigenvalue weighted by atomic mass is 10.2. The smallest absolute Gasteiger partial charge is 0.0448 e. The fraction of sp³-hybridized carbons (Fsp3) is 1.00. The first kappa shape index (κ1) is 10.4. The Hall–Kier alpha value is 0.270. The van der Waals surface area contributed by atoms with E-state index in [1.807, 2.05) is 11.8 Å². The number of nitrogens with two attached hydrogens (primary N) is 1.